The SMILES string of the molecule is CC1CCN(c2ccc(C(=O)OCC(=O)Nc3ccccc3C(F)(F)F)cc2[N+](=O)[O-])CC1. The first kappa shape index (κ1) is 24.0. The maximum absolute atomic E-state index is 13.0. The normalized spacial score (nSPS) is 14.6. The van der Waals surface area contributed by atoms with Crippen LogP contribution in [0.15, 0.2) is 42.5 Å². The lowest BCUT2D eigenvalue weighted by molar-refractivity contribution is -0.384. The molecule has 8 nitrogen and oxygen atoms in total. The van der Waals surface area contributed by atoms with Crippen molar-refractivity contribution in [3.8, 4) is 0 Å². The summed E-state index contributed by atoms with van der Waals surface area (Å²) in [6.07, 6.45) is -2.88. The van der Waals surface area contributed by atoms with Crippen LogP contribution in [0.5, 0.6) is 0 Å². The van der Waals surface area contributed by atoms with Crippen LogP contribution in [0.4, 0.5) is 30.2 Å². The van der Waals surface area contributed by atoms with Gasteiger partial charge in [-0.3, -0.25) is 14.9 Å². The number of halogens is 3. The van der Waals surface area contributed by atoms with Gasteiger partial charge in [0.2, 0.25) is 0 Å². The number of hydrogen-bond donors (Lipinski definition) is 1. The quantitative estimate of drug-likeness (QED) is 0.379. The molecule has 1 saturated heterocycles. The summed E-state index contributed by atoms with van der Waals surface area (Å²) >= 11 is 0. The Bertz CT molecular complexity index is 1050. The number of nitro benzene ring substituents is 1. The molecule has 1 amide bonds. The standard InChI is InChI=1S/C22H22F3N3O5/c1-14-8-10-27(11-9-14)18-7-6-15(12-19(18)28(31)32)21(30)33-13-20(29)26-17-5-3-2-4-16(17)22(23,24)25/h2-7,12,14H,8-11,13H2,1H3,(H,26,29). The van der Waals surface area contributed by atoms with Gasteiger partial charge in [-0.15, -0.1) is 0 Å². The number of hydrogen-bond acceptors (Lipinski definition) is 6. The molecule has 0 aromatic heterocycles. The van der Waals surface area contributed by atoms with E-state index >= 15 is 0 Å². The number of esters is 1. The van der Waals surface area contributed by atoms with Crippen molar-refractivity contribution in [2.24, 2.45) is 5.92 Å². The lowest BCUT2D eigenvalue weighted by Crippen LogP contribution is -2.33. The molecule has 3 rings (SSSR count). The summed E-state index contributed by atoms with van der Waals surface area (Å²) in [6, 6.07) is 8.29. The van der Waals surface area contributed by atoms with E-state index < -0.39 is 40.8 Å². The van der Waals surface area contributed by atoms with Crippen LogP contribution in [0, 0.1) is 16.0 Å². The Kier molecular flexibility index (Phi) is 7.19. The van der Waals surface area contributed by atoms with Crippen molar-refractivity contribution in [2.45, 2.75) is 25.9 Å². The second-order valence-electron chi connectivity index (χ2n) is 7.80. The molecule has 1 aliphatic rings. The highest BCUT2D eigenvalue weighted by Gasteiger charge is 2.33. The topological polar surface area (TPSA) is 102 Å². The van der Waals surface area contributed by atoms with Gasteiger partial charge in [-0.1, -0.05) is 19.1 Å². The number of benzene rings is 2. The zero-order chi connectivity index (χ0) is 24.2. The first-order chi connectivity index (χ1) is 15.6. The molecule has 176 valence electrons. The van der Waals surface area contributed by atoms with Crippen LogP contribution in [0.25, 0.3) is 0 Å². The molecule has 0 saturated carbocycles. The molecule has 0 aliphatic carbocycles. The minimum Gasteiger partial charge on any atom is -0.452 e. The molecule has 0 bridgehead atoms. The predicted octanol–water partition coefficient (Wildman–Crippen LogP) is 4.65. The average Bonchev–Trinajstić information content (AvgIpc) is 2.77. The highest BCUT2D eigenvalue weighted by molar-refractivity contribution is 5.96. The fourth-order valence-electron chi connectivity index (χ4n) is 3.55. The number of anilines is 2. The van der Waals surface area contributed by atoms with E-state index in [9.17, 15) is 32.9 Å². The van der Waals surface area contributed by atoms with Crippen LogP contribution >= 0.6 is 0 Å². The van der Waals surface area contributed by atoms with E-state index in [0.717, 1.165) is 31.0 Å². The first-order valence-electron chi connectivity index (χ1n) is 10.2. The summed E-state index contributed by atoms with van der Waals surface area (Å²) in [5.74, 6) is -1.45. The number of nitrogens with zero attached hydrogens (tertiary/aromatic N) is 2. The van der Waals surface area contributed by atoms with Gasteiger partial charge in [-0.25, -0.2) is 4.79 Å². The number of carbonyl (C=O) groups is 2. The van der Waals surface area contributed by atoms with Gasteiger partial charge in [0.1, 0.15) is 5.69 Å². The Morgan fingerprint density at radius 1 is 1.18 bits per heavy atom. The number of piperidine rings is 1. The number of para-hydroxylation sites is 1. The molecule has 1 aliphatic heterocycles. The number of nitrogens with one attached hydrogen (secondary N) is 1. The monoisotopic (exact) mass is 465 g/mol. The van der Waals surface area contributed by atoms with Crippen LogP contribution in [0.1, 0.15) is 35.7 Å². The van der Waals surface area contributed by atoms with E-state index in [4.69, 9.17) is 4.74 Å². The van der Waals surface area contributed by atoms with Crippen LogP contribution in [-0.4, -0.2) is 36.5 Å². The number of carbonyl (C=O) groups excluding carboxylic acids is 2. The van der Waals surface area contributed by atoms with Crippen molar-refractivity contribution in [2.75, 3.05) is 29.9 Å². The summed E-state index contributed by atoms with van der Waals surface area (Å²) in [7, 11) is 0. The Hall–Kier alpha value is -3.63. The summed E-state index contributed by atoms with van der Waals surface area (Å²) < 4.78 is 43.9. The summed E-state index contributed by atoms with van der Waals surface area (Å²) in [5.41, 5.74) is -1.52. The van der Waals surface area contributed by atoms with E-state index in [1.54, 1.807) is 0 Å². The third kappa shape index (κ3) is 5.99. The Labute approximate surface area is 187 Å². The fourth-order valence-corrected chi connectivity index (χ4v) is 3.55. The maximum atomic E-state index is 13.0. The van der Waals surface area contributed by atoms with Gasteiger partial charge in [-0.2, -0.15) is 13.2 Å². The van der Waals surface area contributed by atoms with E-state index in [1.165, 1.54) is 24.3 Å². The van der Waals surface area contributed by atoms with Crippen LogP contribution in [0.2, 0.25) is 0 Å². The fraction of sp³-hybridized carbons (Fsp3) is 0.364. The van der Waals surface area contributed by atoms with Crippen molar-refractivity contribution < 1.29 is 32.4 Å². The number of ether oxygens (including phenoxy) is 1. The van der Waals surface area contributed by atoms with Crippen molar-refractivity contribution in [3.05, 3.63) is 63.7 Å². The van der Waals surface area contributed by atoms with Crippen molar-refractivity contribution in [3.63, 3.8) is 0 Å². The minimum atomic E-state index is -4.67. The van der Waals surface area contributed by atoms with Gasteiger partial charge in [0.05, 0.1) is 21.7 Å². The second-order valence-corrected chi connectivity index (χ2v) is 7.80. The largest absolute Gasteiger partial charge is 0.452 e. The smallest absolute Gasteiger partial charge is 0.418 e. The Balaban J connectivity index is 1.66. The van der Waals surface area contributed by atoms with Gasteiger partial charge in [-0.05, 0) is 43.0 Å². The van der Waals surface area contributed by atoms with E-state index in [2.05, 4.69) is 12.2 Å². The third-order valence-electron chi connectivity index (χ3n) is 5.37. The van der Waals surface area contributed by atoms with Crippen LogP contribution in [-0.2, 0) is 15.7 Å². The van der Waals surface area contributed by atoms with Gasteiger partial charge in [0.15, 0.2) is 6.61 Å². The van der Waals surface area contributed by atoms with Gasteiger partial charge in [0, 0.05) is 19.2 Å². The number of alkyl halides is 3. The molecule has 0 spiro atoms. The van der Waals surface area contributed by atoms with Gasteiger partial charge < -0.3 is 15.0 Å². The number of nitro groups is 1. The molecule has 2 aromatic rings. The Morgan fingerprint density at radius 3 is 2.48 bits per heavy atom. The highest BCUT2D eigenvalue weighted by Crippen LogP contribution is 2.35. The van der Waals surface area contributed by atoms with E-state index in [0.29, 0.717) is 24.7 Å². The molecule has 1 heterocycles. The van der Waals surface area contributed by atoms with E-state index in [-0.39, 0.29) is 11.3 Å². The molecule has 0 radical (unpaired) electrons. The van der Waals surface area contributed by atoms with E-state index in [1.807, 2.05) is 4.90 Å². The third-order valence-corrected chi connectivity index (χ3v) is 5.37. The summed E-state index contributed by atoms with van der Waals surface area (Å²) in [6.45, 7) is 2.57. The second kappa shape index (κ2) is 9.88. The number of amides is 1. The summed E-state index contributed by atoms with van der Waals surface area (Å²) in [5, 5.41) is 13.6. The maximum Gasteiger partial charge on any atom is 0.418 e. The minimum absolute atomic E-state index is 0.140. The molecule has 11 heteroatoms. The molecule has 33 heavy (non-hydrogen) atoms. The molecule has 0 unspecified atom stereocenters. The highest BCUT2D eigenvalue weighted by atomic mass is 19.4. The van der Waals surface area contributed by atoms with Crippen LogP contribution < -0.4 is 10.2 Å². The Morgan fingerprint density at radius 2 is 1.85 bits per heavy atom. The molecular formula is C22H22F3N3O5. The van der Waals surface area contributed by atoms with Crippen LogP contribution in [0.3, 0.4) is 0 Å². The molecular weight excluding hydrogens is 443 g/mol. The van der Waals surface area contributed by atoms with Gasteiger partial charge >= 0.3 is 12.1 Å². The lowest BCUT2D eigenvalue weighted by Gasteiger charge is -2.31. The molecule has 2 aromatic carbocycles. The predicted molar refractivity (Wildman–Crippen MR) is 114 cm³/mol. The van der Waals surface area contributed by atoms with Crippen molar-refractivity contribution in [1.29, 1.82) is 0 Å². The van der Waals surface area contributed by atoms with Crippen molar-refractivity contribution in [1.82, 2.24) is 0 Å². The van der Waals surface area contributed by atoms with Crippen molar-refractivity contribution >= 4 is 28.9 Å². The molecule has 1 N–H and O–H groups in total. The lowest BCUT2D eigenvalue weighted by atomic mass is 9.98. The zero-order valence-corrected chi connectivity index (χ0v) is 17.7. The average molecular weight is 465 g/mol. The zero-order valence-electron chi connectivity index (χ0n) is 17.7. The first-order valence-corrected chi connectivity index (χ1v) is 10.2. The summed E-state index contributed by atoms with van der Waals surface area (Å²) in [4.78, 5) is 37.2. The number of rotatable bonds is 6. The molecule has 0 atom stereocenters. The molecule has 1 fully saturated rings. The van der Waals surface area contributed by atoms with Gasteiger partial charge in [0.25, 0.3) is 11.6 Å².